The molecule has 0 aliphatic carbocycles. The Kier molecular flexibility index (Phi) is 5.22. The monoisotopic (exact) mass is 316 g/mol. The van der Waals surface area contributed by atoms with Crippen molar-refractivity contribution < 1.29 is 4.39 Å². The van der Waals surface area contributed by atoms with Gasteiger partial charge in [-0.3, -0.25) is 0 Å². The van der Waals surface area contributed by atoms with E-state index in [4.69, 9.17) is 0 Å². The summed E-state index contributed by atoms with van der Waals surface area (Å²) in [4.78, 5) is 0. The predicted octanol–water partition coefficient (Wildman–Crippen LogP) is 6.34. The Balaban J connectivity index is 1.64. The molecule has 0 aromatic heterocycles. The van der Waals surface area contributed by atoms with Crippen LogP contribution in [0.1, 0.15) is 35.1 Å². The van der Waals surface area contributed by atoms with Crippen LogP contribution in [0.3, 0.4) is 0 Å². The predicted molar refractivity (Wildman–Crippen MR) is 100 cm³/mol. The van der Waals surface area contributed by atoms with Gasteiger partial charge in [0.2, 0.25) is 0 Å². The van der Waals surface area contributed by atoms with E-state index in [1.54, 1.807) is 12.1 Å². The second-order valence-corrected chi connectivity index (χ2v) is 6.14. The van der Waals surface area contributed by atoms with Gasteiger partial charge in [-0.15, -0.1) is 0 Å². The summed E-state index contributed by atoms with van der Waals surface area (Å²) in [5.74, 6) is 0.302. The molecule has 0 unspecified atom stereocenters. The molecule has 3 aromatic carbocycles. The van der Waals surface area contributed by atoms with Crippen LogP contribution in [0, 0.1) is 5.82 Å². The third-order valence-electron chi connectivity index (χ3n) is 4.23. The van der Waals surface area contributed by atoms with Crippen molar-refractivity contribution in [2.24, 2.45) is 0 Å². The van der Waals surface area contributed by atoms with Crippen molar-refractivity contribution in [1.29, 1.82) is 0 Å². The Bertz CT molecular complexity index is 784. The van der Waals surface area contributed by atoms with Gasteiger partial charge in [0.25, 0.3) is 0 Å². The summed E-state index contributed by atoms with van der Waals surface area (Å²) < 4.78 is 12.9. The lowest BCUT2D eigenvalue weighted by molar-refractivity contribution is 0.628. The fraction of sp³-hybridized carbons (Fsp3) is 0.130. The molecule has 0 saturated heterocycles. The Hall–Kier alpha value is -2.67. The van der Waals surface area contributed by atoms with Gasteiger partial charge >= 0.3 is 0 Å². The Morgan fingerprint density at radius 1 is 0.750 bits per heavy atom. The summed E-state index contributed by atoms with van der Waals surface area (Å²) in [6.07, 6.45) is 5.09. The molecule has 0 aliphatic rings. The summed E-state index contributed by atoms with van der Waals surface area (Å²) in [7, 11) is 0. The second-order valence-electron chi connectivity index (χ2n) is 6.14. The van der Waals surface area contributed by atoms with Gasteiger partial charge < -0.3 is 0 Å². The highest BCUT2D eigenvalue weighted by Gasteiger charge is 2.05. The highest BCUT2D eigenvalue weighted by molar-refractivity contribution is 5.69. The average molecular weight is 316 g/mol. The van der Waals surface area contributed by atoms with Crippen LogP contribution in [0.5, 0.6) is 0 Å². The molecule has 3 rings (SSSR count). The van der Waals surface area contributed by atoms with Gasteiger partial charge in [-0.2, -0.15) is 0 Å². The largest absolute Gasteiger partial charge is 0.207 e. The van der Waals surface area contributed by atoms with Crippen molar-refractivity contribution >= 4 is 12.2 Å². The van der Waals surface area contributed by atoms with Crippen LogP contribution in [-0.2, 0) is 6.42 Å². The van der Waals surface area contributed by atoms with Gasteiger partial charge in [0.15, 0.2) is 0 Å². The standard InChI is InChI=1S/C23H21F/c1-18(22-5-3-2-4-6-22)17-21-11-9-19(10-12-21)7-8-20-13-15-23(24)16-14-20/h2-16,18H,17H2,1H3/t18-/m1/s1. The van der Waals surface area contributed by atoms with Gasteiger partial charge in [-0.1, -0.05) is 85.8 Å². The van der Waals surface area contributed by atoms with Crippen molar-refractivity contribution in [2.45, 2.75) is 19.3 Å². The van der Waals surface area contributed by atoms with Crippen LogP contribution < -0.4 is 0 Å². The molecular formula is C23H21F. The molecule has 0 fully saturated rings. The average Bonchev–Trinajstić information content (AvgIpc) is 2.63. The molecule has 0 bridgehead atoms. The minimum Gasteiger partial charge on any atom is -0.207 e. The minimum atomic E-state index is -0.205. The molecule has 0 heterocycles. The van der Waals surface area contributed by atoms with Gasteiger partial charge in [0.05, 0.1) is 0 Å². The smallest absolute Gasteiger partial charge is 0.123 e. The van der Waals surface area contributed by atoms with E-state index in [0.717, 1.165) is 17.5 Å². The van der Waals surface area contributed by atoms with Crippen molar-refractivity contribution in [1.82, 2.24) is 0 Å². The van der Waals surface area contributed by atoms with E-state index in [0.29, 0.717) is 5.92 Å². The maximum Gasteiger partial charge on any atom is 0.123 e. The van der Waals surface area contributed by atoms with E-state index in [1.165, 1.54) is 23.3 Å². The molecule has 1 heteroatoms. The molecule has 3 aromatic rings. The quantitative estimate of drug-likeness (QED) is 0.482. The summed E-state index contributed by atoms with van der Waals surface area (Å²) in [5.41, 5.74) is 4.86. The van der Waals surface area contributed by atoms with Crippen molar-refractivity contribution in [2.75, 3.05) is 0 Å². The first kappa shape index (κ1) is 16.2. The SMILES string of the molecule is C[C@H](Cc1ccc(C=Cc2ccc(F)cc2)cc1)c1ccccc1. The van der Waals surface area contributed by atoms with E-state index in [1.807, 2.05) is 6.08 Å². The highest BCUT2D eigenvalue weighted by atomic mass is 19.1. The zero-order valence-corrected chi connectivity index (χ0v) is 13.8. The summed E-state index contributed by atoms with van der Waals surface area (Å²) >= 11 is 0. The third-order valence-corrected chi connectivity index (χ3v) is 4.23. The highest BCUT2D eigenvalue weighted by Crippen LogP contribution is 2.20. The molecule has 120 valence electrons. The zero-order valence-electron chi connectivity index (χ0n) is 13.8. The normalized spacial score (nSPS) is 12.4. The van der Waals surface area contributed by atoms with Crippen LogP contribution in [0.15, 0.2) is 78.9 Å². The number of benzene rings is 3. The van der Waals surface area contributed by atoms with Gasteiger partial charge in [-0.25, -0.2) is 4.39 Å². The van der Waals surface area contributed by atoms with E-state index in [-0.39, 0.29) is 5.82 Å². The molecular weight excluding hydrogens is 295 g/mol. The lowest BCUT2D eigenvalue weighted by Gasteiger charge is -2.12. The Morgan fingerprint density at radius 2 is 1.29 bits per heavy atom. The zero-order chi connectivity index (χ0) is 16.8. The first-order valence-corrected chi connectivity index (χ1v) is 8.28. The van der Waals surface area contributed by atoms with E-state index < -0.39 is 0 Å². The second kappa shape index (κ2) is 7.74. The topological polar surface area (TPSA) is 0 Å². The maximum atomic E-state index is 12.9. The molecule has 0 spiro atoms. The van der Waals surface area contributed by atoms with Crippen molar-refractivity contribution in [3.8, 4) is 0 Å². The van der Waals surface area contributed by atoms with Crippen LogP contribution in [0.25, 0.3) is 12.2 Å². The first-order chi connectivity index (χ1) is 11.7. The van der Waals surface area contributed by atoms with Crippen LogP contribution in [-0.4, -0.2) is 0 Å². The number of halogens is 1. The lowest BCUT2D eigenvalue weighted by Crippen LogP contribution is -1.98. The molecule has 0 nitrogen and oxygen atoms in total. The van der Waals surface area contributed by atoms with Crippen LogP contribution in [0.4, 0.5) is 4.39 Å². The lowest BCUT2D eigenvalue weighted by atomic mass is 9.93. The molecule has 0 N–H and O–H groups in total. The fourth-order valence-electron chi connectivity index (χ4n) is 2.78. The van der Waals surface area contributed by atoms with Crippen LogP contribution in [0.2, 0.25) is 0 Å². The van der Waals surface area contributed by atoms with Crippen LogP contribution >= 0.6 is 0 Å². The third kappa shape index (κ3) is 4.42. The maximum absolute atomic E-state index is 12.9. The first-order valence-electron chi connectivity index (χ1n) is 8.28. The van der Waals surface area contributed by atoms with E-state index >= 15 is 0 Å². The summed E-state index contributed by atoms with van der Waals surface area (Å²) in [5, 5.41) is 0. The number of hydrogen-bond donors (Lipinski definition) is 0. The molecule has 0 saturated carbocycles. The van der Waals surface area contributed by atoms with Gasteiger partial charge in [0, 0.05) is 0 Å². The van der Waals surface area contributed by atoms with Gasteiger partial charge in [-0.05, 0) is 46.7 Å². The van der Waals surface area contributed by atoms with Gasteiger partial charge in [0.1, 0.15) is 5.82 Å². The summed E-state index contributed by atoms with van der Waals surface area (Å²) in [6, 6.07) is 25.8. The Labute approximate surface area is 143 Å². The van der Waals surface area contributed by atoms with E-state index in [2.05, 4.69) is 67.6 Å². The molecule has 0 amide bonds. The molecule has 1 atom stereocenters. The number of hydrogen-bond acceptors (Lipinski definition) is 0. The summed E-state index contributed by atoms with van der Waals surface area (Å²) in [6.45, 7) is 2.26. The molecule has 0 aliphatic heterocycles. The molecule has 24 heavy (non-hydrogen) atoms. The Morgan fingerprint density at radius 3 is 1.88 bits per heavy atom. The molecule has 0 radical (unpaired) electrons. The number of rotatable bonds is 5. The fourth-order valence-corrected chi connectivity index (χ4v) is 2.78. The minimum absolute atomic E-state index is 0.205. The van der Waals surface area contributed by atoms with Crippen molar-refractivity contribution in [3.63, 3.8) is 0 Å². The van der Waals surface area contributed by atoms with Crippen molar-refractivity contribution in [3.05, 3.63) is 107 Å². The van der Waals surface area contributed by atoms with E-state index in [9.17, 15) is 4.39 Å².